The van der Waals surface area contributed by atoms with Gasteiger partial charge in [-0.1, -0.05) is 79.7 Å². The maximum absolute atomic E-state index is 14.7. The van der Waals surface area contributed by atoms with E-state index in [2.05, 4.69) is 34.6 Å². The third kappa shape index (κ3) is 11.1. The van der Waals surface area contributed by atoms with Gasteiger partial charge in [0.05, 0.1) is 17.5 Å². The molecule has 3 fully saturated rings. The third-order valence-electron chi connectivity index (χ3n) is 13.4. The second kappa shape index (κ2) is 20.1. The Morgan fingerprint density at radius 3 is 1.78 bits per heavy atom. The number of hydroxylamine groups is 2. The summed E-state index contributed by atoms with van der Waals surface area (Å²) in [7, 11) is 0. The normalized spacial score (nSPS) is 22.2. The molecule has 1 unspecified atom stereocenters. The number of carbonyl (C=O) groups is 8. The first-order chi connectivity index (χ1) is 36.9. The van der Waals surface area contributed by atoms with Gasteiger partial charge in [-0.25, -0.2) is 24.2 Å². The molecule has 0 spiro atoms. The SMILES string of the molecule is CC1(C)CCC(O/N=C(\C(=O)N[C@H]2CON(C3(C(=O)OC(C)(C)C)C[C@H](N4C(=O)c5cc6c(cc5C4=O)OC(c4ccccc4)(c4ccccc4)O6)C(=O)O3)C2=O)c2csc(NC(=O)OC(C)(C)C)n2)(C(=O)OC(C)(C)C)CC1. The summed E-state index contributed by atoms with van der Waals surface area (Å²) in [6.45, 7) is 18.1. The van der Waals surface area contributed by atoms with Gasteiger partial charge >= 0.3 is 35.5 Å². The molecule has 3 aromatic carbocycles. The van der Waals surface area contributed by atoms with Gasteiger partial charge in [-0.15, -0.1) is 11.3 Å². The molecule has 22 nitrogen and oxygen atoms in total. The number of esters is 3. The van der Waals surface area contributed by atoms with Crippen molar-refractivity contribution < 1.29 is 76.5 Å². The minimum atomic E-state index is -2.76. The molecule has 4 aromatic rings. The van der Waals surface area contributed by atoms with Gasteiger partial charge in [0, 0.05) is 29.3 Å². The van der Waals surface area contributed by atoms with E-state index < -0.39 is 112 Å². The van der Waals surface area contributed by atoms with Crippen LogP contribution in [0.3, 0.4) is 0 Å². The summed E-state index contributed by atoms with van der Waals surface area (Å²) in [4.78, 5) is 130. The van der Waals surface area contributed by atoms with Crippen LogP contribution in [0.1, 0.15) is 146 Å². The zero-order valence-electron chi connectivity index (χ0n) is 45.6. The summed E-state index contributed by atoms with van der Waals surface area (Å²) in [6, 6.07) is 17.4. The van der Waals surface area contributed by atoms with Gasteiger partial charge in [0.25, 0.3) is 23.6 Å². The number of oxime groups is 1. The zero-order chi connectivity index (χ0) is 57.3. The molecule has 1 saturated carbocycles. The van der Waals surface area contributed by atoms with Crippen LogP contribution in [0.2, 0.25) is 0 Å². The molecule has 9 rings (SSSR count). The molecule has 23 heteroatoms. The Bertz CT molecular complexity index is 3080. The quantitative estimate of drug-likeness (QED) is 0.0458. The molecule has 79 heavy (non-hydrogen) atoms. The van der Waals surface area contributed by atoms with Gasteiger partial charge in [-0.3, -0.25) is 34.2 Å². The highest BCUT2D eigenvalue weighted by molar-refractivity contribution is 7.14. The number of benzene rings is 3. The van der Waals surface area contributed by atoms with Crippen molar-refractivity contribution in [1.82, 2.24) is 20.3 Å². The average Bonchev–Trinajstić information content (AvgIpc) is 4.08. The summed E-state index contributed by atoms with van der Waals surface area (Å²) in [5.74, 6) is -8.57. The number of fused-ring (bicyclic) bond motifs is 2. The van der Waals surface area contributed by atoms with Crippen molar-refractivity contribution in [2.45, 2.75) is 154 Å². The predicted octanol–water partition coefficient (Wildman–Crippen LogP) is 7.47. The molecule has 2 N–H and O–H groups in total. The van der Waals surface area contributed by atoms with Crippen LogP contribution in [-0.2, 0) is 58.4 Å². The molecule has 5 amide bonds. The van der Waals surface area contributed by atoms with E-state index in [4.69, 9.17) is 38.1 Å². The zero-order valence-corrected chi connectivity index (χ0v) is 46.4. The summed E-state index contributed by atoms with van der Waals surface area (Å²) < 4.78 is 35.7. The molecule has 0 bridgehead atoms. The van der Waals surface area contributed by atoms with Crippen LogP contribution < -0.4 is 20.1 Å². The molecule has 3 atom stereocenters. The number of aromatic nitrogens is 1. The molecule has 2 saturated heterocycles. The van der Waals surface area contributed by atoms with Crippen LogP contribution in [0.4, 0.5) is 9.93 Å². The maximum atomic E-state index is 14.7. The Morgan fingerprint density at radius 1 is 0.722 bits per heavy atom. The number of amides is 5. The van der Waals surface area contributed by atoms with Crippen molar-refractivity contribution in [1.29, 1.82) is 0 Å². The molecule has 1 aromatic heterocycles. The molecule has 5 aliphatic rings. The molecule has 0 radical (unpaired) electrons. The van der Waals surface area contributed by atoms with Crippen molar-refractivity contribution in [2.24, 2.45) is 10.6 Å². The van der Waals surface area contributed by atoms with Gasteiger partial charge in [-0.2, -0.15) is 5.06 Å². The Labute approximate surface area is 459 Å². The largest absolute Gasteiger partial charge is 0.457 e. The van der Waals surface area contributed by atoms with Crippen molar-refractivity contribution in [3.8, 4) is 11.5 Å². The summed E-state index contributed by atoms with van der Waals surface area (Å²) in [6.07, 6.45) is -0.296. The first-order valence-corrected chi connectivity index (χ1v) is 26.5. The van der Waals surface area contributed by atoms with Crippen LogP contribution in [0, 0.1) is 5.41 Å². The lowest BCUT2D eigenvalue weighted by molar-refractivity contribution is -0.263. The Hall–Kier alpha value is -7.92. The Kier molecular flexibility index (Phi) is 14.2. The average molecular weight is 1110 g/mol. The highest BCUT2D eigenvalue weighted by atomic mass is 32.1. The first-order valence-electron chi connectivity index (χ1n) is 25.7. The second-order valence-electron chi connectivity index (χ2n) is 23.6. The fourth-order valence-corrected chi connectivity index (χ4v) is 10.2. The van der Waals surface area contributed by atoms with Gasteiger partial charge in [0.15, 0.2) is 22.3 Å². The number of nitrogens with one attached hydrogen (secondary N) is 2. The molecular weight excluding hydrogens is 1040 g/mol. The van der Waals surface area contributed by atoms with Gasteiger partial charge < -0.3 is 38.6 Å². The second-order valence-corrected chi connectivity index (χ2v) is 24.5. The smallest absolute Gasteiger partial charge is 0.413 e. The van der Waals surface area contributed by atoms with Crippen LogP contribution in [-0.4, -0.2) is 115 Å². The fourth-order valence-electron chi connectivity index (χ4n) is 9.51. The van der Waals surface area contributed by atoms with Crippen molar-refractivity contribution >= 4 is 69.8 Å². The van der Waals surface area contributed by atoms with E-state index in [1.807, 2.05) is 60.7 Å². The fraction of sp³-hybridized carbons (Fsp3) is 0.464. The lowest BCUT2D eigenvalue weighted by atomic mass is 9.71. The van der Waals surface area contributed by atoms with Gasteiger partial charge in [0.1, 0.15) is 41.2 Å². The lowest BCUT2D eigenvalue weighted by Gasteiger charge is -2.40. The van der Waals surface area contributed by atoms with Gasteiger partial charge in [0.2, 0.25) is 5.60 Å². The van der Waals surface area contributed by atoms with Crippen LogP contribution in [0.5, 0.6) is 11.5 Å². The Morgan fingerprint density at radius 2 is 1.25 bits per heavy atom. The van der Waals surface area contributed by atoms with Crippen molar-refractivity contribution in [3.05, 3.63) is 106 Å². The van der Waals surface area contributed by atoms with E-state index in [9.17, 15) is 38.4 Å². The van der Waals surface area contributed by atoms with E-state index in [-0.39, 0.29) is 51.7 Å². The van der Waals surface area contributed by atoms with Crippen LogP contribution in [0.15, 0.2) is 83.3 Å². The molecule has 1 aliphatic carbocycles. The van der Waals surface area contributed by atoms with Crippen LogP contribution >= 0.6 is 11.3 Å². The number of imide groups is 1. The van der Waals surface area contributed by atoms with E-state index >= 15 is 0 Å². The minimum absolute atomic E-state index is 0.00800. The number of anilines is 1. The summed E-state index contributed by atoms with van der Waals surface area (Å²) in [5, 5.41) is 11.1. The highest BCUT2D eigenvalue weighted by Crippen LogP contribution is 2.51. The molecular formula is C56H62N6O16S. The first kappa shape index (κ1) is 55.8. The number of thiazole rings is 1. The Balaban J connectivity index is 0.990. The highest BCUT2D eigenvalue weighted by Gasteiger charge is 2.66. The number of nitrogens with zero attached hydrogens (tertiary/aromatic N) is 4. The van der Waals surface area contributed by atoms with Crippen LogP contribution in [0.25, 0.3) is 0 Å². The topological polar surface area (TPSA) is 266 Å². The number of hydrogen-bond acceptors (Lipinski definition) is 19. The van der Waals surface area contributed by atoms with Crippen molar-refractivity contribution in [3.63, 3.8) is 0 Å². The number of cyclic esters (lactones) is 1. The molecule has 5 heterocycles. The number of carbonyl (C=O) groups excluding carboxylic acids is 8. The summed E-state index contributed by atoms with van der Waals surface area (Å²) >= 11 is 0.907. The van der Waals surface area contributed by atoms with E-state index in [0.29, 0.717) is 33.9 Å². The standard InChI is InChI=1S/C56H62N6O16S/c1-50(2,3)75-46(68)54(24-22-53(10,11)23-25-54)78-60-40(36-30-79-48(58-36)59-49(70)77-52(7,8)9)41(63)57-35-29-71-62(44(35)66)55(47(69)76-51(4,5)6)28-37(45(67)74-55)61-42(64)33-26-38-39(27-34(33)43(61)65)73-56(72-38,31-18-14-12-15-19-31)32-20-16-13-17-21-32/h12-21,26-27,30,35,37H,22-25,28-29H2,1-11H3,(H,57,63)(H,58,59,70)/b60-40-/t35-,37-,55?/m0/s1. The monoisotopic (exact) mass is 1110 g/mol. The number of ether oxygens (including phenoxy) is 6. The molecule has 418 valence electrons. The maximum Gasteiger partial charge on any atom is 0.413 e. The number of hydrogen-bond donors (Lipinski definition) is 2. The van der Waals surface area contributed by atoms with E-state index in [1.54, 1.807) is 41.5 Å². The van der Waals surface area contributed by atoms with E-state index in [0.717, 1.165) is 11.3 Å². The number of rotatable bonds is 12. The summed E-state index contributed by atoms with van der Waals surface area (Å²) in [5.41, 5.74) is -7.32. The lowest BCUT2D eigenvalue weighted by Crippen LogP contribution is -2.59. The predicted molar refractivity (Wildman–Crippen MR) is 280 cm³/mol. The molecule has 4 aliphatic heterocycles. The third-order valence-corrected chi connectivity index (χ3v) is 14.2. The van der Waals surface area contributed by atoms with E-state index in [1.165, 1.54) is 38.3 Å². The minimum Gasteiger partial charge on any atom is -0.457 e. The van der Waals surface area contributed by atoms with Gasteiger partial charge in [-0.05, 0) is 92.7 Å². The van der Waals surface area contributed by atoms with Crippen molar-refractivity contribution in [2.75, 3.05) is 11.9 Å².